The van der Waals surface area contributed by atoms with E-state index in [-0.39, 0.29) is 16.5 Å². The van der Waals surface area contributed by atoms with Crippen LogP contribution in [0.15, 0.2) is 35.2 Å². The molecule has 0 radical (unpaired) electrons. The van der Waals surface area contributed by atoms with E-state index in [4.69, 9.17) is 34.8 Å². The number of rotatable bonds is 5. The zero-order chi connectivity index (χ0) is 12.9. The van der Waals surface area contributed by atoms with Crippen molar-refractivity contribution in [3.05, 3.63) is 40.4 Å². The second-order valence-corrected chi connectivity index (χ2v) is 5.94. The van der Waals surface area contributed by atoms with Gasteiger partial charge in [-0.05, 0) is 18.2 Å². The molecule has 94 valence electrons. The molecule has 0 saturated heterocycles. The summed E-state index contributed by atoms with van der Waals surface area (Å²) in [5, 5.41) is 0.512. The fourth-order valence-corrected chi connectivity index (χ4v) is 2.52. The van der Waals surface area contributed by atoms with Gasteiger partial charge in [0, 0.05) is 12.4 Å². The van der Waals surface area contributed by atoms with Crippen LogP contribution in [0.25, 0.3) is 0 Å². The Hall–Kier alpha value is -0.260. The third-order valence-corrected chi connectivity index (χ3v) is 4.19. The summed E-state index contributed by atoms with van der Waals surface area (Å²) in [6.45, 7) is 0.176. The predicted molar refractivity (Wildman–Crippen MR) is 71.5 cm³/mol. The van der Waals surface area contributed by atoms with Crippen molar-refractivity contribution in [1.29, 1.82) is 0 Å². The van der Waals surface area contributed by atoms with Gasteiger partial charge >= 0.3 is 0 Å². The lowest BCUT2D eigenvalue weighted by molar-refractivity contribution is 0.585. The molecule has 0 aliphatic rings. The molecule has 3 nitrogen and oxygen atoms in total. The van der Waals surface area contributed by atoms with Gasteiger partial charge in [0.05, 0.1) is 14.9 Å². The maximum atomic E-state index is 11.8. The number of sulfonamides is 1. The van der Waals surface area contributed by atoms with Gasteiger partial charge < -0.3 is 0 Å². The summed E-state index contributed by atoms with van der Waals surface area (Å²) in [6, 6.07) is 4.13. The van der Waals surface area contributed by atoms with Crippen LogP contribution < -0.4 is 4.72 Å². The van der Waals surface area contributed by atoms with E-state index >= 15 is 0 Å². The van der Waals surface area contributed by atoms with Crippen LogP contribution in [-0.4, -0.2) is 20.8 Å². The Morgan fingerprint density at radius 3 is 2.47 bits per heavy atom. The normalized spacial score (nSPS) is 12.2. The van der Waals surface area contributed by atoms with E-state index in [9.17, 15) is 8.42 Å². The number of alkyl halides is 1. The van der Waals surface area contributed by atoms with Gasteiger partial charge in [-0.15, -0.1) is 11.6 Å². The van der Waals surface area contributed by atoms with Crippen LogP contribution in [0.5, 0.6) is 0 Å². The lowest BCUT2D eigenvalue weighted by atomic mass is 10.4. The summed E-state index contributed by atoms with van der Waals surface area (Å²) in [5.74, 6) is 0.342. The molecule has 7 heteroatoms. The van der Waals surface area contributed by atoms with Gasteiger partial charge in [0.1, 0.15) is 0 Å². The smallest absolute Gasteiger partial charge is 0.207 e. The zero-order valence-corrected chi connectivity index (χ0v) is 11.7. The van der Waals surface area contributed by atoms with Crippen LogP contribution in [0, 0.1) is 0 Å². The monoisotopic (exact) mass is 313 g/mol. The zero-order valence-electron chi connectivity index (χ0n) is 8.66. The third kappa shape index (κ3) is 4.48. The lowest BCUT2D eigenvalue weighted by Crippen LogP contribution is -2.23. The Labute approximate surface area is 115 Å². The van der Waals surface area contributed by atoms with E-state index in [1.54, 1.807) is 12.2 Å². The summed E-state index contributed by atoms with van der Waals surface area (Å²) in [6.07, 6.45) is 3.28. The summed E-state index contributed by atoms with van der Waals surface area (Å²) in [5.41, 5.74) is 0. The SMILES string of the molecule is O=S(=O)(NC/C=C/CCl)c1ccc(Cl)c(Cl)c1. The molecule has 0 heterocycles. The fraction of sp³-hybridized carbons (Fsp3) is 0.200. The average molecular weight is 315 g/mol. The van der Waals surface area contributed by atoms with Crippen LogP contribution >= 0.6 is 34.8 Å². The second-order valence-electron chi connectivity index (χ2n) is 3.05. The van der Waals surface area contributed by atoms with Crippen molar-refractivity contribution in [3.63, 3.8) is 0 Å². The topological polar surface area (TPSA) is 46.2 Å². The number of benzene rings is 1. The molecule has 0 bridgehead atoms. The van der Waals surface area contributed by atoms with E-state index in [1.807, 2.05) is 0 Å². The lowest BCUT2D eigenvalue weighted by Gasteiger charge is -2.05. The Morgan fingerprint density at radius 1 is 1.18 bits per heavy atom. The van der Waals surface area contributed by atoms with Crippen molar-refractivity contribution in [3.8, 4) is 0 Å². The summed E-state index contributed by atoms with van der Waals surface area (Å²) in [7, 11) is -3.57. The first-order valence-electron chi connectivity index (χ1n) is 4.63. The summed E-state index contributed by atoms with van der Waals surface area (Å²) >= 11 is 16.9. The Morgan fingerprint density at radius 2 is 1.88 bits per heavy atom. The van der Waals surface area contributed by atoms with Crippen LogP contribution in [0.1, 0.15) is 0 Å². The minimum atomic E-state index is -3.57. The second kappa shape index (κ2) is 6.61. The van der Waals surface area contributed by atoms with Gasteiger partial charge in [-0.25, -0.2) is 13.1 Å². The molecular formula is C10H10Cl3NO2S. The molecular weight excluding hydrogens is 305 g/mol. The van der Waals surface area contributed by atoms with E-state index in [1.165, 1.54) is 18.2 Å². The van der Waals surface area contributed by atoms with Crippen molar-refractivity contribution < 1.29 is 8.42 Å². The molecule has 1 N–H and O–H groups in total. The standard InChI is InChI=1S/C10H10Cl3NO2S/c11-5-1-2-6-14-17(15,16)8-3-4-9(12)10(13)7-8/h1-4,7,14H,5-6H2/b2-1+. The Bertz CT molecular complexity index is 514. The van der Waals surface area contributed by atoms with Crippen LogP contribution in [-0.2, 0) is 10.0 Å². The van der Waals surface area contributed by atoms with Gasteiger partial charge in [-0.3, -0.25) is 0 Å². The molecule has 17 heavy (non-hydrogen) atoms. The first-order valence-corrected chi connectivity index (χ1v) is 7.40. The molecule has 0 spiro atoms. The first-order chi connectivity index (χ1) is 7.97. The van der Waals surface area contributed by atoms with Crippen molar-refractivity contribution in [1.82, 2.24) is 4.72 Å². The highest BCUT2D eigenvalue weighted by atomic mass is 35.5. The highest BCUT2D eigenvalue weighted by Crippen LogP contribution is 2.24. The summed E-state index contributed by atoms with van der Waals surface area (Å²) in [4.78, 5) is 0.0752. The number of nitrogens with one attached hydrogen (secondary N) is 1. The maximum Gasteiger partial charge on any atom is 0.240 e. The van der Waals surface area contributed by atoms with Gasteiger partial charge in [-0.1, -0.05) is 35.4 Å². The predicted octanol–water partition coefficient (Wildman–Crippen LogP) is 3.07. The number of hydrogen-bond donors (Lipinski definition) is 1. The summed E-state index contributed by atoms with van der Waals surface area (Å²) < 4.78 is 25.9. The van der Waals surface area contributed by atoms with Gasteiger partial charge in [0.25, 0.3) is 0 Å². The van der Waals surface area contributed by atoms with E-state index < -0.39 is 10.0 Å². The largest absolute Gasteiger partial charge is 0.240 e. The third-order valence-electron chi connectivity index (χ3n) is 1.85. The van der Waals surface area contributed by atoms with E-state index in [2.05, 4.69) is 4.72 Å². The number of hydrogen-bond acceptors (Lipinski definition) is 2. The Kier molecular flexibility index (Phi) is 5.76. The number of allylic oxidation sites excluding steroid dienone is 1. The minimum absolute atomic E-state index is 0.0752. The number of halogens is 3. The van der Waals surface area contributed by atoms with Gasteiger partial charge in [0.2, 0.25) is 10.0 Å². The maximum absolute atomic E-state index is 11.8. The highest BCUT2D eigenvalue weighted by molar-refractivity contribution is 7.89. The highest BCUT2D eigenvalue weighted by Gasteiger charge is 2.13. The van der Waals surface area contributed by atoms with E-state index in [0.29, 0.717) is 10.9 Å². The fourth-order valence-electron chi connectivity index (χ4n) is 1.03. The molecule has 0 fully saturated rings. The quantitative estimate of drug-likeness (QED) is 0.670. The average Bonchev–Trinajstić information content (AvgIpc) is 2.28. The molecule has 0 aliphatic heterocycles. The molecule has 0 saturated carbocycles. The van der Waals surface area contributed by atoms with Crippen molar-refractivity contribution in [2.45, 2.75) is 4.90 Å². The molecule has 0 atom stereocenters. The first kappa shape index (κ1) is 14.8. The van der Waals surface area contributed by atoms with Crippen LogP contribution in [0.2, 0.25) is 10.0 Å². The molecule has 1 aromatic carbocycles. The molecule has 0 amide bonds. The molecule has 1 aromatic rings. The minimum Gasteiger partial charge on any atom is -0.207 e. The van der Waals surface area contributed by atoms with Crippen molar-refractivity contribution in [2.24, 2.45) is 0 Å². The van der Waals surface area contributed by atoms with Crippen LogP contribution in [0.3, 0.4) is 0 Å². The van der Waals surface area contributed by atoms with Crippen molar-refractivity contribution in [2.75, 3.05) is 12.4 Å². The van der Waals surface area contributed by atoms with Gasteiger partial charge in [0.15, 0.2) is 0 Å². The molecule has 0 unspecified atom stereocenters. The Balaban J connectivity index is 2.82. The van der Waals surface area contributed by atoms with Gasteiger partial charge in [-0.2, -0.15) is 0 Å². The van der Waals surface area contributed by atoms with Crippen molar-refractivity contribution >= 4 is 44.8 Å². The molecule has 1 rings (SSSR count). The molecule has 0 aliphatic carbocycles. The van der Waals surface area contributed by atoms with E-state index in [0.717, 1.165) is 0 Å². The van der Waals surface area contributed by atoms with Crippen LogP contribution in [0.4, 0.5) is 0 Å². The molecule has 0 aromatic heterocycles.